The van der Waals surface area contributed by atoms with Crippen LogP contribution >= 0.6 is 0 Å². The fraction of sp³-hybridized carbons (Fsp3) is 0.520. The first-order valence-electron chi connectivity index (χ1n) is 12.0. The van der Waals surface area contributed by atoms with Gasteiger partial charge in [0.25, 0.3) is 0 Å². The number of carboxylic acids is 5. The molecule has 0 aliphatic heterocycles. The molecule has 1 rings (SSSR count). The van der Waals surface area contributed by atoms with Crippen LogP contribution in [0.5, 0.6) is 0 Å². The second-order valence-electron chi connectivity index (χ2n) is 8.78. The first kappa shape index (κ1) is 35.9. The van der Waals surface area contributed by atoms with E-state index in [1.54, 1.807) is 31.2 Å². The molecule has 1 amide bonds. The van der Waals surface area contributed by atoms with Crippen LogP contribution in [0.1, 0.15) is 26.3 Å². The van der Waals surface area contributed by atoms with Crippen molar-refractivity contribution < 1.29 is 54.3 Å². The summed E-state index contributed by atoms with van der Waals surface area (Å²) in [6.07, 6.45) is 0.394. The molecule has 224 valence electrons. The Morgan fingerprint density at radius 2 is 1.12 bits per heavy atom. The van der Waals surface area contributed by atoms with E-state index >= 15 is 0 Å². The molecule has 40 heavy (non-hydrogen) atoms. The van der Waals surface area contributed by atoms with E-state index in [1.807, 2.05) is 0 Å². The summed E-state index contributed by atoms with van der Waals surface area (Å²) in [7, 11) is 0. The number of carbonyl (C=O) groups is 6. The fourth-order valence-electron chi connectivity index (χ4n) is 3.82. The highest BCUT2D eigenvalue weighted by atomic mass is 16.4. The van der Waals surface area contributed by atoms with Gasteiger partial charge in [0.1, 0.15) is 0 Å². The first-order valence-corrected chi connectivity index (χ1v) is 12.0. The molecule has 0 saturated heterocycles. The molecule has 0 spiro atoms. The molecular weight excluding hydrogens is 532 g/mol. The van der Waals surface area contributed by atoms with E-state index in [0.717, 1.165) is 4.90 Å². The van der Waals surface area contributed by atoms with E-state index < -0.39 is 68.6 Å². The van der Waals surface area contributed by atoms with Gasteiger partial charge in [-0.15, -0.1) is 0 Å². The van der Waals surface area contributed by atoms with Gasteiger partial charge >= 0.3 is 29.8 Å². The molecular formula is C25H38N4O11. The highest BCUT2D eigenvalue weighted by Gasteiger charge is 2.27. The molecule has 0 aliphatic rings. The quantitative estimate of drug-likeness (QED) is 0.120. The maximum absolute atomic E-state index is 11.6. The van der Waals surface area contributed by atoms with E-state index in [9.17, 15) is 44.1 Å². The maximum atomic E-state index is 11.6. The third-order valence-corrected chi connectivity index (χ3v) is 5.50. The van der Waals surface area contributed by atoms with Gasteiger partial charge in [-0.3, -0.25) is 43.5 Å². The minimum atomic E-state index is -1.29. The molecule has 15 nitrogen and oxygen atoms in total. The number of benzene rings is 1. The summed E-state index contributed by atoms with van der Waals surface area (Å²) in [6.45, 7) is -1.65. The monoisotopic (exact) mass is 570 g/mol. The predicted molar refractivity (Wildman–Crippen MR) is 142 cm³/mol. The number of hydrogen-bond acceptors (Lipinski definition) is 9. The summed E-state index contributed by atoms with van der Waals surface area (Å²) < 4.78 is 0. The summed E-state index contributed by atoms with van der Waals surface area (Å²) in [4.78, 5) is 72.0. The van der Waals surface area contributed by atoms with Crippen molar-refractivity contribution in [2.75, 3.05) is 57.7 Å². The number of carboxylic acid groups (broad SMARTS) is 5. The Bertz CT molecular complexity index is 985. The molecule has 1 atom stereocenters. The summed E-state index contributed by atoms with van der Waals surface area (Å²) in [6, 6.07) is 5.79. The molecule has 1 aromatic carbocycles. The van der Waals surface area contributed by atoms with Crippen LogP contribution in [0.2, 0.25) is 0 Å². The predicted octanol–water partition coefficient (Wildman–Crippen LogP) is -0.0887. The van der Waals surface area contributed by atoms with Gasteiger partial charge in [0.05, 0.1) is 32.7 Å². The maximum Gasteiger partial charge on any atom is 0.317 e. The number of rotatable bonds is 20. The number of carbonyl (C=O) groups excluding carboxylic acids is 1. The average Bonchev–Trinajstić information content (AvgIpc) is 2.81. The molecule has 0 saturated carbocycles. The van der Waals surface area contributed by atoms with Crippen LogP contribution in [0, 0.1) is 0 Å². The van der Waals surface area contributed by atoms with Gasteiger partial charge in [-0.1, -0.05) is 26.5 Å². The van der Waals surface area contributed by atoms with E-state index in [1.165, 1.54) is 9.80 Å². The van der Waals surface area contributed by atoms with Crippen molar-refractivity contribution in [1.29, 1.82) is 0 Å². The van der Waals surface area contributed by atoms with E-state index in [4.69, 9.17) is 10.2 Å². The van der Waals surface area contributed by atoms with Crippen LogP contribution in [0.25, 0.3) is 0 Å². The number of aliphatic carboxylic acids is 5. The molecule has 6 N–H and O–H groups in total. The van der Waals surface area contributed by atoms with Gasteiger partial charge in [0.2, 0.25) is 5.91 Å². The van der Waals surface area contributed by atoms with Crippen molar-refractivity contribution in [2.24, 2.45) is 0 Å². The summed E-state index contributed by atoms with van der Waals surface area (Å²) in [5.74, 6) is -6.57. The molecule has 0 aromatic heterocycles. The fourth-order valence-corrected chi connectivity index (χ4v) is 3.82. The minimum Gasteiger partial charge on any atom is -0.480 e. The lowest BCUT2D eigenvalue weighted by molar-refractivity contribution is -0.144. The van der Waals surface area contributed by atoms with E-state index in [0.29, 0.717) is 11.3 Å². The van der Waals surface area contributed by atoms with E-state index in [-0.39, 0.29) is 45.8 Å². The molecule has 0 fully saturated rings. The van der Waals surface area contributed by atoms with Crippen molar-refractivity contribution in [3.8, 4) is 0 Å². The second-order valence-corrected chi connectivity index (χ2v) is 8.78. The Kier molecular flexibility index (Phi) is 16.4. The Morgan fingerprint density at radius 1 is 0.700 bits per heavy atom. The lowest BCUT2D eigenvalue weighted by atomic mass is 10.0. The number of anilines is 1. The topological polar surface area (TPSA) is 225 Å². The zero-order valence-corrected chi connectivity index (χ0v) is 21.5. The highest BCUT2D eigenvalue weighted by molar-refractivity contribution is 5.90. The molecule has 0 radical (unpaired) electrons. The van der Waals surface area contributed by atoms with Crippen LogP contribution in [-0.4, -0.2) is 134 Å². The van der Waals surface area contributed by atoms with Crippen molar-refractivity contribution >= 4 is 41.4 Å². The van der Waals surface area contributed by atoms with Crippen molar-refractivity contribution in [2.45, 2.75) is 33.2 Å². The third kappa shape index (κ3) is 15.4. The molecule has 0 bridgehead atoms. The Labute approximate surface area is 231 Å². The third-order valence-electron chi connectivity index (χ3n) is 5.50. The largest absolute Gasteiger partial charge is 0.480 e. The van der Waals surface area contributed by atoms with Crippen LogP contribution in [0.15, 0.2) is 24.3 Å². The lowest BCUT2D eigenvalue weighted by Gasteiger charge is -2.34. The van der Waals surface area contributed by atoms with Gasteiger partial charge < -0.3 is 30.8 Å². The smallest absolute Gasteiger partial charge is 0.317 e. The summed E-state index contributed by atoms with van der Waals surface area (Å²) >= 11 is 0. The van der Waals surface area contributed by atoms with Crippen molar-refractivity contribution in [1.82, 2.24) is 14.7 Å². The number of amides is 1. The van der Waals surface area contributed by atoms with Gasteiger partial charge in [-0.05, 0) is 24.1 Å². The molecule has 15 heteroatoms. The zero-order valence-electron chi connectivity index (χ0n) is 21.5. The van der Waals surface area contributed by atoms with Gasteiger partial charge in [0, 0.05) is 37.8 Å². The zero-order chi connectivity index (χ0) is 29.5. The average molecular weight is 571 g/mol. The lowest BCUT2D eigenvalue weighted by Crippen LogP contribution is -2.51. The standard InChI is InChI=1S/C24H34N4O11.CH4/c1-2-19(29)25-17-5-3-16(4-6-17)9-18(28(14-23(36)37)15-24(38)39)10-26(11-20(30)31)7-8-27(12-21(32)33)13-22(34)35;/h3-6,18H,2,7-15H2,1H3,(H,25,29)(H,30,31)(H,32,33)(H,34,35)(H,36,37)(H,38,39);1H4. The van der Waals surface area contributed by atoms with Crippen LogP contribution in [-0.2, 0) is 35.2 Å². The first-order chi connectivity index (χ1) is 18.3. The van der Waals surface area contributed by atoms with E-state index in [2.05, 4.69) is 5.32 Å². The molecule has 0 heterocycles. The Morgan fingerprint density at radius 3 is 1.55 bits per heavy atom. The SMILES string of the molecule is C.CCC(=O)Nc1ccc(CC(CN(CCN(CC(=O)O)CC(=O)O)CC(=O)O)N(CC(=O)O)CC(=O)O)cc1. The van der Waals surface area contributed by atoms with Gasteiger partial charge in [-0.25, -0.2) is 0 Å². The Hall–Kier alpha value is -4.08. The molecule has 1 unspecified atom stereocenters. The number of nitrogens with one attached hydrogen (secondary N) is 1. The van der Waals surface area contributed by atoms with Gasteiger partial charge in [0.15, 0.2) is 0 Å². The molecule has 0 aliphatic carbocycles. The normalized spacial score (nSPS) is 11.6. The second kappa shape index (κ2) is 18.3. The van der Waals surface area contributed by atoms with Crippen LogP contribution < -0.4 is 5.32 Å². The number of hydrogen-bond donors (Lipinski definition) is 6. The van der Waals surface area contributed by atoms with Crippen molar-refractivity contribution in [3.63, 3.8) is 0 Å². The summed E-state index contributed by atoms with van der Waals surface area (Å²) in [5, 5.41) is 49.0. The van der Waals surface area contributed by atoms with Crippen molar-refractivity contribution in [3.05, 3.63) is 29.8 Å². The Balaban J connectivity index is 0.0000152. The van der Waals surface area contributed by atoms with Gasteiger partial charge in [-0.2, -0.15) is 0 Å². The minimum absolute atomic E-state index is 0. The van der Waals surface area contributed by atoms with Crippen LogP contribution in [0.3, 0.4) is 0 Å². The molecule has 1 aromatic rings. The number of nitrogens with zero attached hydrogens (tertiary/aromatic N) is 3. The summed E-state index contributed by atoms with van der Waals surface area (Å²) in [5.41, 5.74) is 1.18. The van der Waals surface area contributed by atoms with Crippen LogP contribution in [0.4, 0.5) is 5.69 Å². The highest BCUT2D eigenvalue weighted by Crippen LogP contribution is 2.15.